The first-order valence-corrected chi connectivity index (χ1v) is 8.62. The van der Waals surface area contributed by atoms with E-state index in [9.17, 15) is 9.18 Å². The second-order valence-electron chi connectivity index (χ2n) is 5.39. The molecule has 0 heterocycles. The smallest absolute Gasteiger partial charge is 0.331 e. The Kier molecular flexibility index (Phi) is 8.34. The zero-order chi connectivity index (χ0) is 20.2. The average Bonchev–Trinajstić information content (AvgIpc) is 2.70. The number of hydrogen-bond donors (Lipinski definition) is 0. The standard InChI is InChI=1S/C21H20FNO5/c1-2-25-20-15-16(4-10-21(24)28-12-11-23)3-9-19(20)27-14-13-26-18-7-5-17(22)6-8-18/h3-10,15H,2,12-14H2,1H3/b10-4+. The molecule has 0 spiro atoms. The molecule has 7 heteroatoms. The highest BCUT2D eigenvalue weighted by atomic mass is 19.1. The Hall–Kier alpha value is -3.53. The summed E-state index contributed by atoms with van der Waals surface area (Å²) in [5.74, 6) is 0.694. The Morgan fingerprint density at radius 3 is 2.54 bits per heavy atom. The van der Waals surface area contributed by atoms with Crippen molar-refractivity contribution in [1.29, 1.82) is 5.26 Å². The summed E-state index contributed by atoms with van der Waals surface area (Å²) in [6.07, 6.45) is 2.79. The van der Waals surface area contributed by atoms with Crippen LogP contribution < -0.4 is 14.2 Å². The maximum Gasteiger partial charge on any atom is 0.331 e. The quantitative estimate of drug-likeness (QED) is 0.352. The molecule has 2 aromatic rings. The molecule has 0 saturated carbocycles. The van der Waals surface area contributed by atoms with E-state index >= 15 is 0 Å². The van der Waals surface area contributed by atoms with Gasteiger partial charge >= 0.3 is 5.97 Å². The third kappa shape index (κ3) is 7.00. The molecule has 0 aliphatic carbocycles. The molecule has 0 amide bonds. The minimum Gasteiger partial charge on any atom is -0.490 e. The summed E-state index contributed by atoms with van der Waals surface area (Å²) in [6.45, 7) is 2.56. The number of carbonyl (C=O) groups is 1. The predicted octanol–water partition coefficient (Wildman–Crippen LogP) is 3.76. The number of ether oxygens (including phenoxy) is 4. The van der Waals surface area contributed by atoms with E-state index in [1.165, 1.54) is 18.2 Å². The molecule has 2 rings (SSSR count). The molecular weight excluding hydrogens is 365 g/mol. The number of hydrogen-bond acceptors (Lipinski definition) is 6. The molecule has 2 aromatic carbocycles. The number of nitrogens with zero attached hydrogens (tertiary/aromatic N) is 1. The molecule has 0 bridgehead atoms. The van der Waals surface area contributed by atoms with Crippen LogP contribution in [-0.2, 0) is 9.53 Å². The van der Waals surface area contributed by atoms with Gasteiger partial charge < -0.3 is 18.9 Å². The summed E-state index contributed by atoms with van der Waals surface area (Å²) in [6, 6.07) is 12.7. The van der Waals surface area contributed by atoms with Crippen molar-refractivity contribution in [1.82, 2.24) is 0 Å². The first-order valence-electron chi connectivity index (χ1n) is 8.62. The van der Waals surface area contributed by atoms with Gasteiger partial charge in [-0.15, -0.1) is 0 Å². The second-order valence-corrected chi connectivity index (χ2v) is 5.39. The lowest BCUT2D eigenvalue weighted by Gasteiger charge is -2.13. The number of nitriles is 1. The van der Waals surface area contributed by atoms with E-state index < -0.39 is 5.97 Å². The highest BCUT2D eigenvalue weighted by molar-refractivity contribution is 5.87. The van der Waals surface area contributed by atoms with Gasteiger partial charge in [-0.25, -0.2) is 9.18 Å². The number of esters is 1. The van der Waals surface area contributed by atoms with Crippen molar-refractivity contribution in [3.63, 3.8) is 0 Å². The van der Waals surface area contributed by atoms with Crippen molar-refractivity contribution in [2.75, 3.05) is 26.4 Å². The zero-order valence-corrected chi connectivity index (χ0v) is 15.4. The maximum atomic E-state index is 12.9. The van der Waals surface area contributed by atoms with Crippen LogP contribution in [0, 0.1) is 17.1 Å². The van der Waals surface area contributed by atoms with E-state index in [4.69, 9.17) is 19.5 Å². The van der Waals surface area contributed by atoms with Gasteiger partial charge in [0.2, 0.25) is 0 Å². The Morgan fingerprint density at radius 2 is 1.82 bits per heavy atom. The van der Waals surface area contributed by atoms with Gasteiger partial charge in [0.25, 0.3) is 0 Å². The molecule has 0 unspecified atom stereocenters. The molecular formula is C21H20FNO5. The van der Waals surface area contributed by atoms with Crippen molar-refractivity contribution in [3.05, 3.63) is 59.9 Å². The van der Waals surface area contributed by atoms with Crippen LogP contribution in [0.3, 0.4) is 0 Å². The lowest BCUT2D eigenvalue weighted by Crippen LogP contribution is -2.10. The van der Waals surface area contributed by atoms with E-state index in [2.05, 4.69) is 4.74 Å². The maximum absolute atomic E-state index is 12.9. The van der Waals surface area contributed by atoms with Gasteiger partial charge in [-0.05, 0) is 55.0 Å². The van der Waals surface area contributed by atoms with Gasteiger partial charge in [0, 0.05) is 6.08 Å². The van der Waals surface area contributed by atoms with Crippen LogP contribution in [0.5, 0.6) is 17.2 Å². The SMILES string of the molecule is CCOc1cc(/C=C/C(=O)OCC#N)ccc1OCCOc1ccc(F)cc1. The third-order valence-corrected chi connectivity index (χ3v) is 3.38. The molecule has 0 aliphatic rings. The van der Waals surface area contributed by atoms with Crippen molar-refractivity contribution in [2.45, 2.75) is 6.92 Å². The molecule has 0 fully saturated rings. The van der Waals surface area contributed by atoms with E-state index in [0.717, 1.165) is 0 Å². The number of rotatable bonds is 10. The fourth-order valence-electron chi connectivity index (χ4n) is 2.17. The van der Waals surface area contributed by atoms with Crippen LogP contribution in [0.4, 0.5) is 4.39 Å². The first kappa shape index (κ1) is 20.8. The number of halogens is 1. The van der Waals surface area contributed by atoms with Crippen molar-refractivity contribution in [2.24, 2.45) is 0 Å². The number of benzene rings is 2. The molecule has 146 valence electrons. The van der Waals surface area contributed by atoms with E-state index in [1.807, 2.05) is 6.92 Å². The summed E-state index contributed by atoms with van der Waals surface area (Å²) < 4.78 is 34.3. The Balaban J connectivity index is 1.92. The van der Waals surface area contributed by atoms with Crippen LogP contribution in [-0.4, -0.2) is 32.4 Å². The minimum absolute atomic E-state index is 0.271. The van der Waals surface area contributed by atoms with E-state index in [0.29, 0.717) is 29.4 Å². The highest BCUT2D eigenvalue weighted by Gasteiger charge is 2.06. The molecule has 0 N–H and O–H groups in total. The van der Waals surface area contributed by atoms with Crippen LogP contribution in [0.1, 0.15) is 12.5 Å². The van der Waals surface area contributed by atoms with Gasteiger partial charge in [-0.3, -0.25) is 0 Å². The zero-order valence-electron chi connectivity index (χ0n) is 15.4. The van der Waals surface area contributed by atoms with Crippen molar-refractivity contribution < 1.29 is 28.1 Å². The summed E-state index contributed by atoms with van der Waals surface area (Å²) in [5, 5.41) is 8.39. The van der Waals surface area contributed by atoms with Crippen LogP contribution in [0.15, 0.2) is 48.5 Å². The lowest BCUT2D eigenvalue weighted by atomic mass is 10.2. The fraction of sp³-hybridized carbons (Fsp3) is 0.238. The lowest BCUT2D eigenvalue weighted by molar-refractivity contribution is -0.136. The third-order valence-electron chi connectivity index (χ3n) is 3.38. The minimum atomic E-state index is -0.599. The van der Waals surface area contributed by atoms with E-state index in [-0.39, 0.29) is 25.6 Å². The van der Waals surface area contributed by atoms with Crippen LogP contribution >= 0.6 is 0 Å². The van der Waals surface area contributed by atoms with Crippen LogP contribution in [0.25, 0.3) is 6.08 Å². The molecule has 0 saturated heterocycles. The van der Waals surface area contributed by atoms with E-state index in [1.54, 1.807) is 42.5 Å². The molecule has 0 aromatic heterocycles. The highest BCUT2D eigenvalue weighted by Crippen LogP contribution is 2.29. The van der Waals surface area contributed by atoms with Gasteiger partial charge in [0.1, 0.15) is 30.8 Å². The monoisotopic (exact) mass is 385 g/mol. The summed E-state index contributed by atoms with van der Waals surface area (Å²) in [4.78, 5) is 11.4. The number of carbonyl (C=O) groups excluding carboxylic acids is 1. The van der Waals surface area contributed by atoms with Gasteiger partial charge in [0.05, 0.1) is 6.61 Å². The summed E-state index contributed by atoms with van der Waals surface area (Å²) in [5.41, 5.74) is 0.715. The van der Waals surface area contributed by atoms with Crippen molar-refractivity contribution >= 4 is 12.0 Å². The predicted molar refractivity (Wildman–Crippen MR) is 101 cm³/mol. The van der Waals surface area contributed by atoms with Crippen molar-refractivity contribution in [3.8, 4) is 23.3 Å². The second kappa shape index (κ2) is 11.2. The molecule has 0 aliphatic heterocycles. The van der Waals surface area contributed by atoms with Gasteiger partial charge in [-0.1, -0.05) is 6.07 Å². The first-order chi connectivity index (χ1) is 13.6. The van der Waals surface area contributed by atoms with Gasteiger partial charge in [-0.2, -0.15) is 5.26 Å². The molecule has 0 radical (unpaired) electrons. The molecule has 6 nitrogen and oxygen atoms in total. The summed E-state index contributed by atoms with van der Waals surface area (Å²) >= 11 is 0. The molecule has 0 atom stereocenters. The normalized spacial score (nSPS) is 10.3. The Bertz CT molecular complexity index is 843. The Morgan fingerprint density at radius 1 is 1.07 bits per heavy atom. The summed E-state index contributed by atoms with van der Waals surface area (Å²) in [7, 11) is 0. The largest absolute Gasteiger partial charge is 0.490 e. The van der Waals surface area contributed by atoms with Crippen LogP contribution in [0.2, 0.25) is 0 Å². The fourth-order valence-corrected chi connectivity index (χ4v) is 2.17. The average molecular weight is 385 g/mol. The molecule has 28 heavy (non-hydrogen) atoms. The topological polar surface area (TPSA) is 77.8 Å². The Labute approximate surface area is 162 Å². The van der Waals surface area contributed by atoms with Gasteiger partial charge in [0.15, 0.2) is 18.1 Å².